The van der Waals surface area contributed by atoms with E-state index in [2.05, 4.69) is 11.3 Å². The van der Waals surface area contributed by atoms with Crippen LogP contribution in [0.1, 0.15) is 0 Å². The number of aryl methyl sites for hydroxylation is 1. The predicted octanol–water partition coefficient (Wildman–Crippen LogP) is 1.89. The molecule has 59 valence electrons. The monoisotopic (exact) mass is 157 g/mol. The highest BCUT2D eigenvalue weighted by Crippen LogP contribution is 2.14. The summed E-state index contributed by atoms with van der Waals surface area (Å²) in [4.78, 5) is 0. The Balaban J connectivity index is 2.45. The fourth-order valence-corrected chi connectivity index (χ4v) is 1.12. The summed E-state index contributed by atoms with van der Waals surface area (Å²) in [6, 6.07) is 12.0. The second kappa shape index (κ2) is 2.81. The van der Waals surface area contributed by atoms with Crippen LogP contribution in [0.4, 0.5) is 0 Å². The van der Waals surface area contributed by atoms with Crippen molar-refractivity contribution in [2.24, 2.45) is 7.05 Å². The lowest BCUT2D eigenvalue weighted by Gasteiger charge is -1.93. The molecule has 1 heterocycles. The highest BCUT2D eigenvalue weighted by atomic mass is 15.2. The van der Waals surface area contributed by atoms with Crippen LogP contribution in [0.5, 0.6) is 0 Å². The second-order valence-electron chi connectivity index (χ2n) is 2.65. The van der Waals surface area contributed by atoms with Gasteiger partial charge in [0.2, 0.25) is 0 Å². The average molecular weight is 157 g/mol. The van der Waals surface area contributed by atoms with Crippen LogP contribution in [0, 0.1) is 6.20 Å². The van der Waals surface area contributed by atoms with Crippen LogP contribution in [0.25, 0.3) is 11.3 Å². The Morgan fingerprint density at radius 2 is 2.00 bits per heavy atom. The first-order valence-corrected chi connectivity index (χ1v) is 3.83. The normalized spacial score (nSPS) is 10.1. The zero-order valence-electron chi connectivity index (χ0n) is 6.86. The summed E-state index contributed by atoms with van der Waals surface area (Å²) in [5.41, 5.74) is 2.10. The molecule has 0 saturated carbocycles. The third kappa shape index (κ3) is 1.23. The third-order valence-electron chi connectivity index (χ3n) is 1.72. The van der Waals surface area contributed by atoms with Crippen molar-refractivity contribution in [2.45, 2.75) is 0 Å². The van der Waals surface area contributed by atoms with Crippen LogP contribution < -0.4 is 0 Å². The van der Waals surface area contributed by atoms with Gasteiger partial charge in [-0.25, -0.2) is 0 Å². The maximum atomic E-state index is 4.24. The minimum absolute atomic E-state index is 0.970. The number of hydrogen-bond donors (Lipinski definition) is 0. The molecule has 0 saturated heterocycles. The summed E-state index contributed by atoms with van der Waals surface area (Å²) in [6.07, 6.45) is 2.97. The number of nitrogens with zero attached hydrogens (tertiary/aromatic N) is 2. The van der Waals surface area contributed by atoms with Gasteiger partial charge in [-0.1, -0.05) is 30.3 Å². The van der Waals surface area contributed by atoms with Gasteiger partial charge in [0.25, 0.3) is 0 Å². The maximum Gasteiger partial charge on any atom is 0.0930 e. The summed E-state index contributed by atoms with van der Waals surface area (Å²) < 4.78 is 1.68. The van der Waals surface area contributed by atoms with Crippen molar-refractivity contribution in [3.63, 3.8) is 0 Å². The van der Waals surface area contributed by atoms with Crippen LogP contribution >= 0.6 is 0 Å². The summed E-state index contributed by atoms with van der Waals surface area (Å²) >= 11 is 0. The summed E-state index contributed by atoms with van der Waals surface area (Å²) in [5, 5.41) is 4.24. The largest absolute Gasteiger partial charge is 0.266 e. The van der Waals surface area contributed by atoms with Gasteiger partial charge < -0.3 is 0 Å². The molecule has 0 atom stereocenters. The minimum Gasteiger partial charge on any atom is -0.266 e. The number of aromatic nitrogens is 2. The molecule has 2 rings (SSSR count). The standard InChI is InChI=1S/C10H9N2/c1-12-8-7-10(11-12)9-5-3-2-4-6-9/h2-7H,1H3. The van der Waals surface area contributed by atoms with Crippen LogP contribution in [0.3, 0.4) is 0 Å². The van der Waals surface area contributed by atoms with E-state index in [9.17, 15) is 0 Å². The van der Waals surface area contributed by atoms with Crippen molar-refractivity contribution < 1.29 is 0 Å². The molecule has 1 aromatic carbocycles. The minimum atomic E-state index is 0.970. The van der Waals surface area contributed by atoms with Gasteiger partial charge in [-0.2, -0.15) is 5.10 Å². The van der Waals surface area contributed by atoms with E-state index in [0.29, 0.717) is 0 Å². The van der Waals surface area contributed by atoms with Crippen molar-refractivity contribution in [2.75, 3.05) is 0 Å². The van der Waals surface area contributed by atoms with E-state index < -0.39 is 0 Å². The Kier molecular flexibility index (Phi) is 1.67. The van der Waals surface area contributed by atoms with Crippen molar-refractivity contribution in [3.8, 4) is 11.3 Å². The van der Waals surface area contributed by atoms with E-state index in [4.69, 9.17) is 0 Å². The van der Waals surface area contributed by atoms with Crippen LogP contribution in [-0.4, -0.2) is 9.78 Å². The summed E-state index contributed by atoms with van der Waals surface area (Å²) in [7, 11) is 1.87. The molecule has 0 aliphatic carbocycles. The zero-order chi connectivity index (χ0) is 8.39. The van der Waals surface area contributed by atoms with Gasteiger partial charge in [0, 0.05) is 12.6 Å². The van der Waals surface area contributed by atoms with Crippen molar-refractivity contribution in [3.05, 3.63) is 42.6 Å². The Hall–Kier alpha value is -1.57. The lowest BCUT2D eigenvalue weighted by molar-refractivity contribution is 0.765. The molecule has 0 aliphatic heterocycles. The first-order valence-electron chi connectivity index (χ1n) is 3.83. The summed E-state index contributed by atoms with van der Waals surface area (Å²) in [5.74, 6) is 0. The quantitative estimate of drug-likeness (QED) is 0.618. The SMILES string of the molecule is Cn1[c]cc(-c2ccccc2)n1. The van der Waals surface area contributed by atoms with Crippen molar-refractivity contribution in [1.29, 1.82) is 0 Å². The zero-order valence-corrected chi connectivity index (χ0v) is 6.86. The van der Waals surface area contributed by atoms with Crippen LogP contribution in [0.15, 0.2) is 36.4 Å². The Labute approximate surface area is 71.5 Å². The molecule has 12 heavy (non-hydrogen) atoms. The predicted molar refractivity (Wildman–Crippen MR) is 47.5 cm³/mol. The molecule has 0 fully saturated rings. The van der Waals surface area contributed by atoms with Crippen LogP contribution in [0.2, 0.25) is 0 Å². The van der Waals surface area contributed by atoms with Gasteiger partial charge in [-0.15, -0.1) is 0 Å². The molecule has 0 amide bonds. The van der Waals surface area contributed by atoms with E-state index in [0.717, 1.165) is 11.3 Å². The Bertz CT molecular complexity index is 362. The van der Waals surface area contributed by atoms with E-state index in [1.807, 2.05) is 43.4 Å². The molecule has 2 nitrogen and oxygen atoms in total. The number of rotatable bonds is 1. The van der Waals surface area contributed by atoms with Gasteiger partial charge in [0.15, 0.2) is 0 Å². The molecule has 2 heteroatoms. The fourth-order valence-electron chi connectivity index (χ4n) is 1.12. The molecule has 0 N–H and O–H groups in total. The summed E-state index contributed by atoms with van der Waals surface area (Å²) in [6.45, 7) is 0. The molecule has 1 aromatic heterocycles. The van der Waals surface area contributed by atoms with Crippen molar-refractivity contribution in [1.82, 2.24) is 9.78 Å². The van der Waals surface area contributed by atoms with E-state index in [1.54, 1.807) is 4.68 Å². The fraction of sp³-hybridized carbons (Fsp3) is 0.100. The molecular weight excluding hydrogens is 148 g/mol. The Morgan fingerprint density at radius 1 is 1.25 bits per heavy atom. The highest BCUT2D eigenvalue weighted by molar-refractivity contribution is 5.57. The molecule has 0 bridgehead atoms. The van der Waals surface area contributed by atoms with Gasteiger partial charge in [-0.3, -0.25) is 4.68 Å². The first-order chi connectivity index (χ1) is 5.86. The lowest BCUT2D eigenvalue weighted by Crippen LogP contribution is -1.87. The van der Waals surface area contributed by atoms with Gasteiger partial charge in [0.1, 0.15) is 0 Å². The maximum absolute atomic E-state index is 4.24. The second-order valence-corrected chi connectivity index (χ2v) is 2.65. The molecule has 0 unspecified atom stereocenters. The van der Waals surface area contributed by atoms with Gasteiger partial charge >= 0.3 is 0 Å². The third-order valence-corrected chi connectivity index (χ3v) is 1.72. The number of benzene rings is 1. The average Bonchev–Trinajstić information content (AvgIpc) is 2.54. The highest BCUT2D eigenvalue weighted by Gasteiger charge is 1.98. The van der Waals surface area contributed by atoms with E-state index in [-0.39, 0.29) is 0 Å². The van der Waals surface area contributed by atoms with Crippen LogP contribution in [-0.2, 0) is 7.05 Å². The van der Waals surface area contributed by atoms with E-state index >= 15 is 0 Å². The molecule has 2 aromatic rings. The molecular formula is C10H9N2. The number of hydrogen-bond acceptors (Lipinski definition) is 1. The molecule has 0 aliphatic rings. The Morgan fingerprint density at radius 3 is 2.58 bits per heavy atom. The first kappa shape index (κ1) is 7.10. The molecule has 0 spiro atoms. The topological polar surface area (TPSA) is 17.8 Å². The lowest BCUT2D eigenvalue weighted by atomic mass is 10.2. The van der Waals surface area contributed by atoms with Gasteiger partial charge in [-0.05, 0) is 6.07 Å². The smallest absolute Gasteiger partial charge is 0.0930 e. The van der Waals surface area contributed by atoms with E-state index in [1.165, 1.54) is 0 Å². The van der Waals surface area contributed by atoms with Gasteiger partial charge in [0.05, 0.1) is 11.9 Å². The molecule has 1 radical (unpaired) electrons. The van der Waals surface area contributed by atoms with Crippen molar-refractivity contribution >= 4 is 0 Å².